The van der Waals surface area contributed by atoms with Crippen LogP contribution in [0.1, 0.15) is 13.8 Å². The number of aromatic nitrogens is 1. The van der Waals surface area contributed by atoms with Crippen molar-refractivity contribution in [2.75, 3.05) is 18.0 Å². The molecule has 0 bridgehead atoms. The first kappa shape index (κ1) is 17.1. The Morgan fingerprint density at radius 1 is 1.00 bits per heavy atom. The first-order valence-electron chi connectivity index (χ1n) is 8.89. The third-order valence-corrected chi connectivity index (χ3v) is 6.75. The Labute approximate surface area is 154 Å². The van der Waals surface area contributed by atoms with Gasteiger partial charge in [0.25, 0.3) is 10.0 Å². The van der Waals surface area contributed by atoms with E-state index in [0.717, 1.165) is 24.2 Å². The topological polar surface area (TPSA) is 54.3 Å². The molecule has 1 saturated heterocycles. The van der Waals surface area contributed by atoms with E-state index in [9.17, 15) is 8.42 Å². The molecule has 2 aromatic carbocycles. The van der Waals surface area contributed by atoms with Crippen LogP contribution in [0.5, 0.6) is 0 Å². The Hall–Kier alpha value is -2.31. The summed E-state index contributed by atoms with van der Waals surface area (Å²) in [6.45, 7) is 6.18. The molecular weight excluding hydrogens is 346 g/mol. The molecule has 6 heteroatoms. The van der Waals surface area contributed by atoms with Gasteiger partial charge in [-0.3, -0.25) is 0 Å². The van der Waals surface area contributed by atoms with Gasteiger partial charge in [0.2, 0.25) is 0 Å². The number of piperazine rings is 1. The number of hydrogen-bond acceptors (Lipinski definition) is 4. The van der Waals surface area contributed by atoms with Crippen LogP contribution in [0, 0.1) is 0 Å². The minimum absolute atomic E-state index is 0.298. The molecule has 26 heavy (non-hydrogen) atoms. The second-order valence-electron chi connectivity index (χ2n) is 6.95. The molecule has 0 saturated carbocycles. The average molecular weight is 369 g/mol. The predicted octanol–water partition coefficient (Wildman–Crippen LogP) is 3.06. The number of nitrogens with zero attached hydrogens (tertiary/aromatic N) is 2. The molecule has 0 radical (unpaired) electrons. The van der Waals surface area contributed by atoms with E-state index in [2.05, 4.69) is 30.1 Å². The number of hydrogen-bond donors (Lipinski definition) is 1. The first-order chi connectivity index (χ1) is 12.5. The van der Waals surface area contributed by atoms with Crippen LogP contribution in [0.15, 0.2) is 65.7 Å². The maximum Gasteiger partial charge on any atom is 0.268 e. The molecule has 5 nitrogen and oxygen atoms in total. The lowest BCUT2D eigenvalue weighted by atomic mass is 10.1. The highest BCUT2D eigenvalue weighted by molar-refractivity contribution is 7.90. The Balaban J connectivity index is 1.84. The predicted molar refractivity (Wildman–Crippen MR) is 105 cm³/mol. The second kappa shape index (κ2) is 6.45. The molecule has 0 amide bonds. The normalized spacial score (nSPS) is 21.2. The first-order valence-corrected chi connectivity index (χ1v) is 10.3. The van der Waals surface area contributed by atoms with E-state index < -0.39 is 10.0 Å². The summed E-state index contributed by atoms with van der Waals surface area (Å²) in [5, 5.41) is 4.45. The fraction of sp³-hybridized carbons (Fsp3) is 0.300. The highest BCUT2D eigenvalue weighted by atomic mass is 32.2. The van der Waals surface area contributed by atoms with Crippen molar-refractivity contribution in [2.45, 2.75) is 30.8 Å². The molecule has 1 aliphatic rings. The summed E-state index contributed by atoms with van der Waals surface area (Å²) in [6.07, 6.45) is 1.66. The van der Waals surface area contributed by atoms with Crippen LogP contribution >= 0.6 is 0 Å². The minimum atomic E-state index is -3.61. The summed E-state index contributed by atoms with van der Waals surface area (Å²) in [5.74, 6) is 0. The summed E-state index contributed by atoms with van der Waals surface area (Å²) in [6, 6.07) is 17.1. The van der Waals surface area contributed by atoms with Crippen LogP contribution in [-0.4, -0.2) is 37.6 Å². The maximum absolute atomic E-state index is 13.1. The number of anilines is 1. The van der Waals surface area contributed by atoms with Crippen molar-refractivity contribution < 1.29 is 8.42 Å². The van der Waals surface area contributed by atoms with Gasteiger partial charge in [0.1, 0.15) is 0 Å². The SMILES string of the molecule is CC1CN(c2cccc3c2ccn3S(=O)(=O)c2ccccc2)C(C)CN1. The molecule has 1 N–H and O–H groups in total. The molecule has 136 valence electrons. The number of nitrogens with one attached hydrogen (secondary N) is 1. The Kier molecular flexibility index (Phi) is 4.25. The highest BCUT2D eigenvalue weighted by Gasteiger charge is 2.25. The van der Waals surface area contributed by atoms with Crippen molar-refractivity contribution >= 4 is 26.6 Å². The third kappa shape index (κ3) is 2.79. The van der Waals surface area contributed by atoms with Crippen LogP contribution in [0.2, 0.25) is 0 Å². The fourth-order valence-corrected chi connectivity index (χ4v) is 5.02. The Morgan fingerprint density at radius 2 is 1.77 bits per heavy atom. The zero-order chi connectivity index (χ0) is 18.3. The van der Waals surface area contributed by atoms with Gasteiger partial charge in [-0.2, -0.15) is 0 Å². The monoisotopic (exact) mass is 369 g/mol. The molecule has 0 aliphatic carbocycles. The lowest BCUT2D eigenvalue weighted by Crippen LogP contribution is -2.54. The van der Waals surface area contributed by atoms with Gasteiger partial charge in [-0.25, -0.2) is 12.4 Å². The van der Waals surface area contributed by atoms with Crippen LogP contribution in [0.3, 0.4) is 0 Å². The van der Waals surface area contributed by atoms with E-state index in [1.165, 1.54) is 3.97 Å². The van der Waals surface area contributed by atoms with Gasteiger partial charge in [-0.15, -0.1) is 0 Å². The van der Waals surface area contributed by atoms with E-state index in [0.29, 0.717) is 22.5 Å². The molecule has 2 atom stereocenters. The molecule has 1 aromatic heterocycles. The number of benzene rings is 2. The van der Waals surface area contributed by atoms with Crippen LogP contribution in [-0.2, 0) is 10.0 Å². The van der Waals surface area contributed by atoms with Crippen LogP contribution < -0.4 is 10.2 Å². The summed E-state index contributed by atoms with van der Waals surface area (Å²) in [7, 11) is -3.61. The molecule has 2 heterocycles. The number of rotatable bonds is 3. The fourth-order valence-electron chi connectivity index (χ4n) is 3.65. The quantitative estimate of drug-likeness (QED) is 0.771. The summed E-state index contributed by atoms with van der Waals surface area (Å²) in [5.41, 5.74) is 1.80. The number of fused-ring (bicyclic) bond motifs is 1. The van der Waals surface area contributed by atoms with Gasteiger partial charge in [-0.05, 0) is 44.2 Å². The van der Waals surface area contributed by atoms with E-state index >= 15 is 0 Å². The van der Waals surface area contributed by atoms with Gasteiger partial charge in [-0.1, -0.05) is 24.3 Å². The summed E-state index contributed by atoms with van der Waals surface area (Å²) in [4.78, 5) is 2.66. The summed E-state index contributed by atoms with van der Waals surface area (Å²) < 4.78 is 27.5. The van der Waals surface area contributed by atoms with E-state index in [1.807, 2.05) is 24.3 Å². The largest absolute Gasteiger partial charge is 0.365 e. The standard InChI is InChI=1S/C20H23N3O2S/c1-15-14-22(16(2)13-21-15)19-9-6-10-20-18(19)11-12-23(20)26(24,25)17-7-4-3-5-8-17/h3-12,15-16,21H,13-14H2,1-2H3. The third-order valence-electron chi connectivity index (χ3n) is 5.05. The maximum atomic E-state index is 13.1. The lowest BCUT2D eigenvalue weighted by Gasteiger charge is -2.39. The van der Waals surface area contributed by atoms with E-state index in [4.69, 9.17) is 0 Å². The van der Waals surface area contributed by atoms with Crippen molar-refractivity contribution in [3.8, 4) is 0 Å². The van der Waals surface area contributed by atoms with Crippen LogP contribution in [0.4, 0.5) is 5.69 Å². The van der Waals surface area contributed by atoms with Crippen molar-refractivity contribution in [1.82, 2.24) is 9.29 Å². The van der Waals surface area contributed by atoms with E-state index in [1.54, 1.807) is 30.5 Å². The highest BCUT2D eigenvalue weighted by Crippen LogP contribution is 2.32. The lowest BCUT2D eigenvalue weighted by molar-refractivity contribution is 0.426. The average Bonchev–Trinajstić information content (AvgIpc) is 3.09. The van der Waals surface area contributed by atoms with Gasteiger partial charge in [0.15, 0.2) is 0 Å². The van der Waals surface area contributed by atoms with Gasteiger partial charge >= 0.3 is 0 Å². The molecule has 3 aromatic rings. The Morgan fingerprint density at radius 3 is 2.54 bits per heavy atom. The smallest absolute Gasteiger partial charge is 0.268 e. The van der Waals surface area contributed by atoms with Gasteiger partial charge in [0.05, 0.1) is 10.4 Å². The van der Waals surface area contributed by atoms with Gasteiger partial charge in [0, 0.05) is 42.4 Å². The van der Waals surface area contributed by atoms with Crippen molar-refractivity contribution in [2.24, 2.45) is 0 Å². The van der Waals surface area contributed by atoms with Crippen LogP contribution in [0.25, 0.3) is 10.9 Å². The zero-order valence-electron chi connectivity index (χ0n) is 15.0. The van der Waals surface area contributed by atoms with Crippen molar-refractivity contribution in [1.29, 1.82) is 0 Å². The molecule has 1 fully saturated rings. The zero-order valence-corrected chi connectivity index (χ0v) is 15.8. The molecule has 4 rings (SSSR count). The second-order valence-corrected chi connectivity index (χ2v) is 8.77. The van der Waals surface area contributed by atoms with Gasteiger partial charge < -0.3 is 10.2 Å². The summed E-state index contributed by atoms with van der Waals surface area (Å²) >= 11 is 0. The minimum Gasteiger partial charge on any atom is -0.365 e. The molecule has 2 unspecified atom stereocenters. The van der Waals surface area contributed by atoms with Crippen molar-refractivity contribution in [3.63, 3.8) is 0 Å². The molecular formula is C20H23N3O2S. The van der Waals surface area contributed by atoms with Crippen molar-refractivity contribution in [3.05, 3.63) is 60.8 Å². The Bertz CT molecular complexity index is 1030. The van der Waals surface area contributed by atoms with E-state index in [-0.39, 0.29) is 0 Å². The molecule has 1 aliphatic heterocycles. The molecule has 0 spiro atoms.